The Balaban J connectivity index is 2.96. The van der Waals surface area contributed by atoms with E-state index < -0.39 is 29.6 Å². The van der Waals surface area contributed by atoms with Crippen molar-refractivity contribution in [3.63, 3.8) is 0 Å². The topological polar surface area (TPSA) is 66.8 Å². The number of carbonyl (C=O) groups excluding carboxylic acids is 1. The molecule has 0 saturated carbocycles. The van der Waals surface area contributed by atoms with Gasteiger partial charge in [-0.05, 0) is 24.5 Å². The molecule has 1 N–H and O–H groups in total. The van der Waals surface area contributed by atoms with Crippen LogP contribution in [0.4, 0.5) is 13.2 Å². The van der Waals surface area contributed by atoms with Crippen molar-refractivity contribution in [1.29, 1.82) is 0 Å². The minimum absolute atomic E-state index is 0.0844. The highest BCUT2D eigenvalue weighted by molar-refractivity contribution is 5.99. The molecule has 0 bridgehead atoms. The summed E-state index contributed by atoms with van der Waals surface area (Å²) >= 11 is 0. The van der Waals surface area contributed by atoms with Crippen LogP contribution in [0.15, 0.2) is 46.8 Å². The van der Waals surface area contributed by atoms with Crippen LogP contribution in [-0.2, 0) is 20.5 Å². The average molecular weight is 397 g/mol. The van der Waals surface area contributed by atoms with E-state index in [4.69, 9.17) is 4.74 Å². The highest BCUT2D eigenvalue weighted by Gasteiger charge is 2.44. The van der Waals surface area contributed by atoms with Gasteiger partial charge in [0.05, 0.1) is 29.7 Å². The summed E-state index contributed by atoms with van der Waals surface area (Å²) in [5.74, 6) is -3.61. The number of hydrogen-bond acceptors (Lipinski definition) is 4. The Morgan fingerprint density at radius 3 is 2.11 bits per heavy atom. The second-order valence-electron chi connectivity index (χ2n) is 6.30. The van der Waals surface area contributed by atoms with E-state index in [-0.39, 0.29) is 23.1 Å². The van der Waals surface area contributed by atoms with Gasteiger partial charge in [0.15, 0.2) is 0 Å². The van der Waals surface area contributed by atoms with Crippen molar-refractivity contribution in [2.24, 2.45) is 0 Å². The molecule has 1 unspecified atom stereocenters. The van der Waals surface area contributed by atoms with E-state index in [1.165, 1.54) is 18.2 Å². The average Bonchev–Trinajstić information content (AvgIpc) is 2.65. The van der Waals surface area contributed by atoms with Crippen LogP contribution in [-0.4, -0.2) is 36.1 Å². The fraction of sp³-hybridized carbons (Fsp3) is 0.400. The molecule has 1 atom stereocenters. The maximum absolute atomic E-state index is 13.7. The predicted molar refractivity (Wildman–Crippen MR) is 96.2 cm³/mol. The molecule has 5 nitrogen and oxygen atoms in total. The predicted octanol–water partition coefficient (Wildman–Crippen LogP) is 4.32. The third-order valence-electron chi connectivity index (χ3n) is 4.89. The Bertz CT molecular complexity index is 855. The zero-order chi connectivity index (χ0) is 21.2. The molecule has 1 aliphatic heterocycles. The Kier molecular flexibility index (Phi) is 6.21. The number of rotatable bonds is 5. The molecule has 8 heteroatoms. The number of carbonyl (C=O) groups is 2. The molecular formula is C20H22F3NO4. The second kappa shape index (κ2) is 8.08. The number of halogens is 3. The zero-order valence-electron chi connectivity index (χ0n) is 16.1. The third-order valence-corrected chi connectivity index (χ3v) is 4.89. The first kappa shape index (κ1) is 21.5. The van der Waals surface area contributed by atoms with Gasteiger partial charge in [-0.3, -0.25) is 0 Å². The Morgan fingerprint density at radius 1 is 1.11 bits per heavy atom. The minimum atomic E-state index is -4.70. The highest BCUT2D eigenvalue weighted by Crippen LogP contribution is 2.47. The Morgan fingerprint density at radius 2 is 1.64 bits per heavy atom. The number of hydrogen-bond donors (Lipinski definition) is 1. The highest BCUT2D eigenvalue weighted by atomic mass is 19.4. The SMILES string of the molecule is CCC1=C(C(=O)O)C(c2ccccc2C(F)(F)F)C(C(=O)OC)=C(CC)N1C. The molecule has 152 valence electrons. The fourth-order valence-corrected chi connectivity index (χ4v) is 3.77. The first-order valence-corrected chi connectivity index (χ1v) is 8.77. The number of methoxy groups -OCH3 is 1. The summed E-state index contributed by atoms with van der Waals surface area (Å²) in [6, 6.07) is 4.73. The normalized spacial score (nSPS) is 17.8. The van der Waals surface area contributed by atoms with E-state index in [9.17, 15) is 27.9 Å². The van der Waals surface area contributed by atoms with Gasteiger partial charge in [0.2, 0.25) is 0 Å². The lowest BCUT2D eigenvalue weighted by atomic mass is 9.77. The molecule has 1 aliphatic rings. The van der Waals surface area contributed by atoms with Crippen molar-refractivity contribution in [1.82, 2.24) is 4.90 Å². The first-order chi connectivity index (χ1) is 13.1. The molecule has 1 aromatic rings. The summed E-state index contributed by atoms with van der Waals surface area (Å²) in [5.41, 5.74) is -0.791. The van der Waals surface area contributed by atoms with Crippen LogP contribution < -0.4 is 0 Å². The minimum Gasteiger partial charge on any atom is -0.478 e. The Hall–Kier alpha value is -2.77. The molecule has 0 radical (unpaired) electrons. The molecule has 1 heterocycles. The maximum Gasteiger partial charge on any atom is 0.416 e. The number of carboxylic acids is 1. The van der Waals surface area contributed by atoms with Gasteiger partial charge >= 0.3 is 18.1 Å². The van der Waals surface area contributed by atoms with Crippen LogP contribution >= 0.6 is 0 Å². The second-order valence-corrected chi connectivity index (χ2v) is 6.30. The van der Waals surface area contributed by atoms with Gasteiger partial charge in [-0.2, -0.15) is 13.2 Å². The van der Waals surface area contributed by atoms with Crippen LogP contribution in [0.1, 0.15) is 43.7 Å². The maximum atomic E-state index is 13.7. The van der Waals surface area contributed by atoms with E-state index in [1.54, 1.807) is 25.8 Å². The number of ether oxygens (including phenoxy) is 1. The van der Waals surface area contributed by atoms with Crippen molar-refractivity contribution < 1.29 is 32.6 Å². The molecule has 0 amide bonds. The van der Waals surface area contributed by atoms with Crippen LogP contribution in [0.5, 0.6) is 0 Å². The summed E-state index contributed by atoms with van der Waals surface area (Å²) in [5, 5.41) is 9.87. The van der Waals surface area contributed by atoms with Gasteiger partial charge in [0, 0.05) is 18.4 Å². The molecule has 2 rings (SSSR count). The third kappa shape index (κ3) is 3.63. The van der Waals surface area contributed by atoms with Gasteiger partial charge < -0.3 is 14.7 Å². The lowest BCUT2D eigenvalue weighted by molar-refractivity contribution is -0.140. The lowest BCUT2D eigenvalue weighted by Crippen LogP contribution is -2.35. The molecule has 0 saturated heterocycles. The summed E-state index contributed by atoms with van der Waals surface area (Å²) in [4.78, 5) is 26.3. The zero-order valence-corrected chi connectivity index (χ0v) is 16.1. The van der Waals surface area contributed by atoms with Gasteiger partial charge in [-0.25, -0.2) is 9.59 Å². The van der Waals surface area contributed by atoms with Gasteiger partial charge in [-0.1, -0.05) is 32.0 Å². The van der Waals surface area contributed by atoms with Crippen LogP contribution in [0, 0.1) is 0 Å². The molecule has 28 heavy (non-hydrogen) atoms. The molecule has 0 aromatic heterocycles. The summed E-state index contributed by atoms with van der Waals surface area (Å²) in [6.45, 7) is 3.47. The first-order valence-electron chi connectivity index (χ1n) is 8.77. The molecule has 0 aliphatic carbocycles. The number of allylic oxidation sites excluding steroid dienone is 2. The lowest BCUT2D eigenvalue weighted by Gasteiger charge is -2.37. The van der Waals surface area contributed by atoms with E-state index in [0.717, 1.165) is 13.2 Å². The van der Waals surface area contributed by atoms with Crippen molar-refractivity contribution in [3.05, 3.63) is 57.9 Å². The molecule has 0 spiro atoms. The number of esters is 1. The largest absolute Gasteiger partial charge is 0.478 e. The van der Waals surface area contributed by atoms with Crippen molar-refractivity contribution in [3.8, 4) is 0 Å². The van der Waals surface area contributed by atoms with Crippen molar-refractivity contribution in [2.75, 3.05) is 14.2 Å². The standard InChI is InChI=1S/C20H22F3NO4/c1-5-13-16(18(25)26)15(11-9-7-8-10-12(11)20(21,22)23)17(19(27)28-4)14(6-2)24(13)3/h7-10,15H,5-6H2,1-4H3,(H,25,26). The van der Waals surface area contributed by atoms with E-state index in [1.807, 2.05) is 0 Å². The summed E-state index contributed by atoms with van der Waals surface area (Å²) in [7, 11) is 2.73. The van der Waals surface area contributed by atoms with Crippen LogP contribution in [0.3, 0.4) is 0 Å². The monoisotopic (exact) mass is 397 g/mol. The van der Waals surface area contributed by atoms with Crippen molar-refractivity contribution >= 4 is 11.9 Å². The van der Waals surface area contributed by atoms with Crippen LogP contribution in [0.25, 0.3) is 0 Å². The number of alkyl halides is 3. The summed E-state index contributed by atoms with van der Waals surface area (Å²) < 4.78 is 45.8. The smallest absolute Gasteiger partial charge is 0.416 e. The van der Waals surface area contributed by atoms with E-state index in [2.05, 4.69) is 0 Å². The van der Waals surface area contributed by atoms with Crippen LogP contribution in [0.2, 0.25) is 0 Å². The summed E-state index contributed by atoms with van der Waals surface area (Å²) in [6.07, 6.45) is -4.10. The number of nitrogens with zero attached hydrogens (tertiary/aromatic N) is 1. The Labute approximate surface area is 161 Å². The van der Waals surface area contributed by atoms with Gasteiger partial charge in [-0.15, -0.1) is 0 Å². The molecule has 0 fully saturated rings. The molecular weight excluding hydrogens is 375 g/mol. The quantitative estimate of drug-likeness (QED) is 0.750. The fourth-order valence-electron chi connectivity index (χ4n) is 3.77. The van der Waals surface area contributed by atoms with Gasteiger partial charge in [0.25, 0.3) is 0 Å². The number of benzene rings is 1. The number of carboxylic acid groups (broad SMARTS) is 1. The molecule has 1 aromatic carbocycles. The van der Waals surface area contributed by atoms with E-state index >= 15 is 0 Å². The van der Waals surface area contributed by atoms with E-state index in [0.29, 0.717) is 17.8 Å². The van der Waals surface area contributed by atoms with Gasteiger partial charge in [0.1, 0.15) is 0 Å². The van der Waals surface area contributed by atoms with Crippen molar-refractivity contribution in [2.45, 2.75) is 38.8 Å². The number of aliphatic carboxylic acids is 1.